The van der Waals surface area contributed by atoms with E-state index in [4.69, 9.17) is 0 Å². The predicted octanol–water partition coefficient (Wildman–Crippen LogP) is 2.56. The highest BCUT2D eigenvalue weighted by Gasteiger charge is 2.35. The third kappa shape index (κ3) is 2.47. The highest BCUT2D eigenvalue weighted by atomic mass is 32.1. The van der Waals surface area contributed by atoms with E-state index in [-0.39, 0.29) is 6.10 Å². The van der Waals surface area contributed by atoms with E-state index < -0.39 is 0 Å². The average Bonchev–Trinajstić information content (AvgIpc) is 3.18. The van der Waals surface area contributed by atoms with E-state index in [2.05, 4.69) is 22.8 Å². The fourth-order valence-corrected chi connectivity index (χ4v) is 3.19. The van der Waals surface area contributed by atoms with Crippen LogP contribution in [0.5, 0.6) is 0 Å². The van der Waals surface area contributed by atoms with Gasteiger partial charge in [0.15, 0.2) is 0 Å². The fraction of sp³-hybridized carbons (Fsp3) is 0.692. The monoisotopic (exact) mass is 237 g/mol. The minimum Gasteiger partial charge on any atom is -0.392 e. The number of hydrogen-bond donors (Lipinski definition) is 2. The van der Waals surface area contributed by atoms with Crippen LogP contribution in [0, 0.1) is 11.8 Å². The minimum absolute atomic E-state index is 0.124. The van der Waals surface area contributed by atoms with E-state index in [0.29, 0.717) is 12.0 Å². The van der Waals surface area contributed by atoms with E-state index in [0.717, 1.165) is 12.5 Å². The second-order valence-corrected chi connectivity index (χ2v) is 6.12. The first-order valence-corrected chi connectivity index (χ1v) is 7.17. The smallest absolute Gasteiger partial charge is 0.0692 e. The predicted molar refractivity (Wildman–Crippen MR) is 66.5 cm³/mol. The first-order valence-electron chi connectivity index (χ1n) is 6.29. The van der Waals surface area contributed by atoms with Crippen molar-refractivity contribution < 1.29 is 5.11 Å². The van der Waals surface area contributed by atoms with Crippen LogP contribution in [0.15, 0.2) is 17.5 Å². The van der Waals surface area contributed by atoms with Crippen LogP contribution in [-0.2, 0) is 0 Å². The summed E-state index contributed by atoms with van der Waals surface area (Å²) in [5, 5.41) is 15.6. The number of aliphatic hydroxyl groups excluding tert-OH is 1. The van der Waals surface area contributed by atoms with Gasteiger partial charge < -0.3 is 10.4 Å². The highest BCUT2D eigenvalue weighted by Crippen LogP contribution is 2.42. The molecule has 0 radical (unpaired) electrons. The van der Waals surface area contributed by atoms with E-state index in [1.54, 1.807) is 0 Å². The summed E-state index contributed by atoms with van der Waals surface area (Å²) in [6, 6.07) is 4.83. The minimum atomic E-state index is -0.124. The molecule has 16 heavy (non-hydrogen) atoms. The Morgan fingerprint density at radius 3 is 2.62 bits per heavy atom. The molecule has 2 aliphatic rings. The average molecular weight is 237 g/mol. The molecule has 1 heterocycles. The van der Waals surface area contributed by atoms with Crippen molar-refractivity contribution in [1.29, 1.82) is 0 Å². The van der Waals surface area contributed by atoms with Crippen molar-refractivity contribution in [2.45, 2.75) is 37.8 Å². The summed E-state index contributed by atoms with van der Waals surface area (Å²) >= 11 is 1.83. The van der Waals surface area contributed by atoms with Gasteiger partial charge in [-0.1, -0.05) is 6.07 Å². The van der Waals surface area contributed by atoms with Gasteiger partial charge >= 0.3 is 0 Å². The molecule has 3 rings (SSSR count). The molecule has 2 unspecified atom stereocenters. The summed E-state index contributed by atoms with van der Waals surface area (Å²) in [5.41, 5.74) is 0. The summed E-state index contributed by atoms with van der Waals surface area (Å²) in [6.07, 6.45) is 5.00. The van der Waals surface area contributed by atoms with Gasteiger partial charge in [0.05, 0.1) is 6.10 Å². The van der Waals surface area contributed by atoms with E-state index in [1.807, 2.05) is 11.3 Å². The highest BCUT2D eigenvalue weighted by molar-refractivity contribution is 7.10. The van der Waals surface area contributed by atoms with E-state index in [1.165, 1.54) is 30.6 Å². The van der Waals surface area contributed by atoms with Crippen LogP contribution < -0.4 is 5.32 Å². The maximum Gasteiger partial charge on any atom is 0.0692 e. The summed E-state index contributed by atoms with van der Waals surface area (Å²) in [7, 11) is 0. The molecular weight excluding hydrogens is 218 g/mol. The van der Waals surface area contributed by atoms with Gasteiger partial charge in [-0.2, -0.15) is 0 Å². The summed E-state index contributed by atoms with van der Waals surface area (Å²) < 4.78 is 0. The Morgan fingerprint density at radius 1 is 1.31 bits per heavy atom. The fourth-order valence-electron chi connectivity index (χ4n) is 2.29. The van der Waals surface area contributed by atoms with Crippen molar-refractivity contribution in [1.82, 2.24) is 5.32 Å². The molecule has 3 heteroatoms. The van der Waals surface area contributed by atoms with Crippen molar-refractivity contribution in [2.75, 3.05) is 6.54 Å². The van der Waals surface area contributed by atoms with Crippen LogP contribution in [0.4, 0.5) is 0 Å². The lowest BCUT2D eigenvalue weighted by Gasteiger charge is -2.19. The molecule has 0 amide bonds. The quantitative estimate of drug-likeness (QED) is 0.797. The zero-order valence-electron chi connectivity index (χ0n) is 9.43. The van der Waals surface area contributed by atoms with Crippen LogP contribution >= 0.6 is 11.3 Å². The summed E-state index contributed by atoms with van der Waals surface area (Å²) in [6.45, 7) is 0.768. The van der Waals surface area contributed by atoms with Crippen LogP contribution in [0.1, 0.15) is 36.6 Å². The molecule has 2 fully saturated rings. The van der Waals surface area contributed by atoms with Gasteiger partial charge in [-0.3, -0.25) is 0 Å². The first kappa shape index (κ1) is 10.8. The number of hydrogen-bond acceptors (Lipinski definition) is 3. The summed E-state index contributed by atoms with van der Waals surface area (Å²) in [5.74, 6) is 1.39. The van der Waals surface area contributed by atoms with Crippen LogP contribution in [-0.4, -0.2) is 17.8 Å². The maximum atomic E-state index is 9.88. The van der Waals surface area contributed by atoms with Gasteiger partial charge in [-0.05, 0) is 49.0 Å². The molecule has 0 spiro atoms. The molecule has 0 saturated heterocycles. The van der Waals surface area contributed by atoms with Gasteiger partial charge in [0.25, 0.3) is 0 Å². The van der Waals surface area contributed by atoms with E-state index >= 15 is 0 Å². The lowest BCUT2D eigenvalue weighted by Crippen LogP contribution is -2.32. The molecule has 1 aromatic rings. The van der Waals surface area contributed by atoms with Gasteiger partial charge in [0, 0.05) is 17.5 Å². The zero-order valence-corrected chi connectivity index (χ0v) is 10.2. The van der Waals surface area contributed by atoms with Crippen molar-refractivity contribution in [3.05, 3.63) is 22.4 Å². The number of thiophene rings is 1. The van der Waals surface area contributed by atoms with Crippen LogP contribution in [0.3, 0.4) is 0 Å². The molecule has 0 bridgehead atoms. The molecule has 0 aliphatic heterocycles. The second-order valence-electron chi connectivity index (χ2n) is 5.14. The molecule has 1 aromatic heterocycles. The van der Waals surface area contributed by atoms with Crippen LogP contribution in [0.25, 0.3) is 0 Å². The maximum absolute atomic E-state index is 9.88. The van der Waals surface area contributed by atoms with Crippen molar-refractivity contribution in [3.8, 4) is 0 Å². The standard InChI is InChI=1S/C13H19NOS/c15-11(9-3-4-9)8-14-13(10-5-6-10)12-2-1-7-16-12/h1-2,7,9-11,13-15H,3-6,8H2. The Morgan fingerprint density at radius 2 is 2.06 bits per heavy atom. The topological polar surface area (TPSA) is 32.3 Å². The third-order valence-corrected chi connectivity index (χ3v) is 4.61. The molecular formula is C13H19NOS. The number of aliphatic hydroxyl groups is 1. The SMILES string of the molecule is OC(CNC(c1cccs1)C1CC1)C1CC1. The number of rotatable bonds is 6. The Labute approximate surface area is 101 Å². The lowest BCUT2D eigenvalue weighted by atomic mass is 10.1. The molecule has 88 valence electrons. The van der Waals surface area contributed by atoms with Gasteiger partial charge in [0.1, 0.15) is 0 Å². The van der Waals surface area contributed by atoms with Crippen molar-refractivity contribution >= 4 is 11.3 Å². The Kier molecular flexibility index (Phi) is 3.01. The largest absolute Gasteiger partial charge is 0.392 e. The van der Waals surface area contributed by atoms with E-state index in [9.17, 15) is 5.11 Å². The first-order chi connectivity index (χ1) is 7.84. The molecule has 2 saturated carbocycles. The molecule has 2 atom stereocenters. The second kappa shape index (κ2) is 4.47. The molecule has 0 aromatic carbocycles. The van der Waals surface area contributed by atoms with Gasteiger partial charge in [0.2, 0.25) is 0 Å². The Bertz CT molecular complexity index is 330. The number of nitrogens with one attached hydrogen (secondary N) is 1. The molecule has 2 aliphatic carbocycles. The van der Waals surface area contributed by atoms with Crippen LogP contribution in [0.2, 0.25) is 0 Å². The summed E-state index contributed by atoms with van der Waals surface area (Å²) in [4.78, 5) is 1.44. The molecule has 2 nitrogen and oxygen atoms in total. The lowest BCUT2D eigenvalue weighted by molar-refractivity contribution is 0.143. The normalized spacial score (nSPS) is 24.3. The van der Waals surface area contributed by atoms with Crippen molar-refractivity contribution in [3.63, 3.8) is 0 Å². The third-order valence-electron chi connectivity index (χ3n) is 3.66. The van der Waals surface area contributed by atoms with Gasteiger partial charge in [-0.15, -0.1) is 11.3 Å². The Balaban J connectivity index is 1.56. The van der Waals surface area contributed by atoms with Gasteiger partial charge in [-0.25, -0.2) is 0 Å². The molecule has 2 N–H and O–H groups in total. The zero-order chi connectivity index (χ0) is 11.0. The Hall–Kier alpha value is -0.380. The van der Waals surface area contributed by atoms with Crippen molar-refractivity contribution in [2.24, 2.45) is 11.8 Å².